The van der Waals surface area contributed by atoms with Gasteiger partial charge in [-0.05, 0) is 31.6 Å². The molecule has 1 fully saturated rings. The molecule has 1 amide bonds. The molecule has 1 aliphatic rings. The van der Waals surface area contributed by atoms with Gasteiger partial charge in [0.1, 0.15) is 0 Å². The van der Waals surface area contributed by atoms with Crippen LogP contribution in [0.1, 0.15) is 79.1 Å². The molecular weight excluding hydrogens is 290 g/mol. The van der Waals surface area contributed by atoms with Crippen LogP contribution in [0.25, 0.3) is 0 Å². The largest absolute Gasteiger partial charge is 0.388 e. The zero-order chi connectivity index (χ0) is 17.5. The van der Waals surface area contributed by atoms with Gasteiger partial charge in [0.2, 0.25) is 5.91 Å². The number of aliphatic hydroxyl groups excluding tert-OH is 1. The van der Waals surface area contributed by atoms with Crippen molar-refractivity contribution in [1.82, 2.24) is 4.90 Å². The van der Waals surface area contributed by atoms with Crippen molar-refractivity contribution in [3.63, 3.8) is 0 Å². The number of aliphatic hydroxyl groups is 2. The Hall–Kier alpha value is -0.610. The molecule has 0 aromatic heterocycles. The summed E-state index contributed by atoms with van der Waals surface area (Å²) in [7, 11) is 0. The average molecular weight is 328 g/mol. The molecule has 0 aromatic rings. The Balaban J connectivity index is 2.24. The van der Waals surface area contributed by atoms with Crippen LogP contribution in [0.4, 0.5) is 0 Å². The van der Waals surface area contributed by atoms with E-state index < -0.39 is 11.7 Å². The predicted molar refractivity (Wildman–Crippen MR) is 94.1 cm³/mol. The van der Waals surface area contributed by atoms with Crippen LogP contribution in [0.3, 0.4) is 0 Å². The van der Waals surface area contributed by atoms with E-state index in [0.717, 1.165) is 25.2 Å². The van der Waals surface area contributed by atoms with Crippen LogP contribution in [-0.4, -0.2) is 45.8 Å². The molecule has 136 valence electrons. The number of carbonyl (C=O) groups excluding carboxylic acids is 1. The fraction of sp³-hybridized carbons (Fsp3) is 0.947. The second-order valence-electron chi connectivity index (χ2n) is 8.14. The van der Waals surface area contributed by atoms with Crippen molar-refractivity contribution in [2.45, 2.75) is 90.8 Å². The Labute approximate surface area is 142 Å². The van der Waals surface area contributed by atoms with E-state index >= 15 is 0 Å². The SMILES string of the molecule is CC(C)CCCC(C)CCCC(C)(O)C(O)CN1CCCC1=O. The molecular formula is C19H37NO3. The topological polar surface area (TPSA) is 60.8 Å². The smallest absolute Gasteiger partial charge is 0.222 e. The van der Waals surface area contributed by atoms with Gasteiger partial charge in [-0.25, -0.2) is 0 Å². The monoisotopic (exact) mass is 327 g/mol. The van der Waals surface area contributed by atoms with E-state index in [2.05, 4.69) is 20.8 Å². The zero-order valence-electron chi connectivity index (χ0n) is 15.6. The first-order chi connectivity index (χ1) is 10.7. The number of nitrogens with zero attached hydrogens (tertiary/aromatic N) is 1. The standard InChI is InChI=1S/C19H37NO3/c1-15(2)8-5-9-16(3)10-6-12-19(4,23)17(21)14-20-13-7-11-18(20)22/h15-17,21,23H,5-14H2,1-4H3. The van der Waals surface area contributed by atoms with Crippen molar-refractivity contribution in [1.29, 1.82) is 0 Å². The first-order valence-electron chi connectivity index (χ1n) is 9.40. The molecule has 3 unspecified atom stereocenters. The molecule has 0 saturated carbocycles. The van der Waals surface area contributed by atoms with Crippen LogP contribution in [-0.2, 0) is 4.79 Å². The number of amides is 1. The summed E-state index contributed by atoms with van der Waals surface area (Å²) in [4.78, 5) is 13.3. The van der Waals surface area contributed by atoms with Crippen molar-refractivity contribution in [3.8, 4) is 0 Å². The minimum Gasteiger partial charge on any atom is -0.388 e. The Morgan fingerprint density at radius 3 is 2.39 bits per heavy atom. The molecule has 0 aliphatic carbocycles. The summed E-state index contributed by atoms with van der Waals surface area (Å²) in [5.41, 5.74) is -1.11. The molecule has 23 heavy (non-hydrogen) atoms. The second kappa shape index (κ2) is 9.63. The molecule has 1 saturated heterocycles. The number of likely N-dealkylation sites (tertiary alicyclic amines) is 1. The summed E-state index contributed by atoms with van der Waals surface area (Å²) in [5, 5.41) is 20.8. The Morgan fingerprint density at radius 2 is 1.83 bits per heavy atom. The minimum atomic E-state index is -1.11. The number of hydrogen-bond donors (Lipinski definition) is 2. The average Bonchev–Trinajstić information content (AvgIpc) is 2.83. The van der Waals surface area contributed by atoms with Crippen LogP contribution in [0.5, 0.6) is 0 Å². The maximum Gasteiger partial charge on any atom is 0.222 e. The first-order valence-corrected chi connectivity index (χ1v) is 9.40. The normalized spacial score (nSPS) is 20.8. The third kappa shape index (κ3) is 7.67. The molecule has 1 aliphatic heterocycles. The van der Waals surface area contributed by atoms with Crippen molar-refractivity contribution in [2.24, 2.45) is 11.8 Å². The lowest BCUT2D eigenvalue weighted by molar-refractivity contribution is -0.132. The molecule has 0 bridgehead atoms. The van der Waals surface area contributed by atoms with Gasteiger partial charge in [0.05, 0.1) is 11.7 Å². The van der Waals surface area contributed by atoms with E-state index in [1.807, 2.05) is 0 Å². The van der Waals surface area contributed by atoms with Crippen molar-refractivity contribution >= 4 is 5.91 Å². The van der Waals surface area contributed by atoms with Gasteiger partial charge in [-0.1, -0.05) is 52.9 Å². The quantitative estimate of drug-likeness (QED) is 0.612. The maximum absolute atomic E-state index is 11.6. The van der Waals surface area contributed by atoms with Gasteiger partial charge in [0.15, 0.2) is 0 Å². The van der Waals surface area contributed by atoms with E-state index in [-0.39, 0.29) is 12.5 Å². The van der Waals surface area contributed by atoms with Gasteiger partial charge in [0, 0.05) is 19.5 Å². The highest BCUT2D eigenvalue weighted by Gasteiger charge is 2.33. The van der Waals surface area contributed by atoms with E-state index in [4.69, 9.17) is 0 Å². The zero-order valence-corrected chi connectivity index (χ0v) is 15.6. The molecule has 2 N–H and O–H groups in total. The van der Waals surface area contributed by atoms with Gasteiger partial charge >= 0.3 is 0 Å². The van der Waals surface area contributed by atoms with Gasteiger partial charge in [-0.2, -0.15) is 0 Å². The first kappa shape index (κ1) is 20.4. The predicted octanol–water partition coefficient (Wildman–Crippen LogP) is 3.35. The summed E-state index contributed by atoms with van der Waals surface area (Å²) in [6.45, 7) is 9.45. The highest BCUT2D eigenvalue weighted by atomic mass is 16.3. The minimum absolute atomic E-state index is 0.0959. The molecule has 1 rings (SSSR count). The number of hydrogen-bond acceptors (Lipinski definition) is 3. The van der Waals surface area contributed by atoms with Crippen molar-refractivity contribution in [2.75, 3.05) is 13.1 Å². The van der Waals surface area contributed by atoms with Crippen molar-refractivity contribution < 1.29 is 15.0 Å². The molecule has 0 aromatic carbocycles. The maximum atomic E-state index is 11.6. The third-order valence-electron chi connectivity index (χ3n) is 5.14. The molecule has 1 heterocycles. The highest BCUT2D eigenvalue weighted by Crippen LogP contribution is 2.24. The second-order valence-corrected chi connectivity index (χ2v) is 8.14. The molecule has 0 spiro atoms. The summed E-state index contributed by atoms with van der Waals surface area (Å²) >= 11 is 0. The van der Waals surface area contributed by atoms with Gasteiger partial charge in [0.25, 0.3) is 0 Å². The highest BCUT2D eigenvalue weighted by molar-refractivity contribution is 5.78. The summed E-state index contributed by atoms with van der Waals surface area (Å²) < 4.78 is 0. The van der Waals surface area contributed by atoms with E-state index in [1.165, 1.54) is 19.3 Å². The number of carbonyl (C=O) groups is 1. The van der Waals surface area contributed by atoms with Gasteiger partial charge in [-0.3, -0.25) is 4.79 Å². The van der Waals surface area contributed by atoms with Crippen LogP contribution < -0.4 is 0 Å². The van der Waals surface area contributed by atoms with Crippen LogP contribution in [0.2, 0.25) is 0 Å². The van der Waals surface area contributed by atoms with E-state index in [9.17, 15) is 15.0 Å². The third-order valence-corrected chi connectivity index (χ3v) is 5.14. The summed E-state index contributed by atoms with van der Waals surface area (Å²) in [6.07, 6.45) is 6.96. The molecule has 3 atom stereocenters. The lowest BCUT2D eigenvalue weighted by Crippen LogP contribution is -2.47. The summed E-state index contributed by atoms with van der Waals surface area (Å²) in [6, 6.07) is 0. The van der Waals surface area contributed by atoms with E-state index in [1.54, 1.807) is 11.8 Å². The number of rotatable bonds is 11. The lowest BCUT2D eigenvalue weighted by Gasteiger charge is -2.32. The van der Waals surface area contributed by atoms with Crippen LogP contribution in [0.15, 0.2) is 0 Å². The fourth-order valence-corrected chi connectivity index (χ4v) is 3.30. The lowest BCUT2D eigenvalue weighted by atomic mass is 9.89. The molecule has 4 nitrogen and oxygen atoms in total. The van der Waals surface area contributed by atoms with Gasteiger partial charge < -0.3 is 15.1 Å². The molecule has 4 heteroatoms. The number of β-amino-alcohol motifs (C(OH)–C–C–N with tert-alkyl or cyclic N) is 1. The molecule has 0 radical (unpaired) electrons. The van der Waals surface area contributed by atoms with Crippen LogP contribution >= 0.6 is 0 Å². The van der Waals surface area contributed by atoms with E-state index in [0.29, 0.717) is 25.3 Å². The van der Waals surface area contributed by atoms with Gasteiger partial charge in [-0.15, -0.1) is 0 Å². The van der Waals surface area contributed by atoms with Crippen LogP contribution in [0, 0.1) is 11.8 Å². The Morgan fingerprint density at radius 1 is 1.17 bits per heavy atom. The fourth-order valence-electron chi connectivity index (χ4n) is 3.30. The Kier molecular flexibility index (Phi) is 8.56. The summed E-state index contributed by atoms with van der Waals surface area (Å²) in [5.74, 6) is 1.53. The Bertz CT molecular complexity index is 355. The van der Waals surface area contributed by atoms with Crippen molar-refractivity contribution in [3.05, 3.63) is 0 Å².